The molecular weight excluding hydrogens is 126 g/mol. The van der Waals surface area contributed by atoms with Gasteiger partial charge in [0, 0.05) is 0 Å². The number of allylic oxidation sites excluding steroid dienone is 6. The molecule has 0 aliphatic heterocycles. The van der Waals surface area contributed by atoms with E-state index in [4.69, 9.17) is 5.21 Å². The summed E-state index contributed by atoms with van der Waals surface area (Å²) >= 11 is 0. The van der Waals surface area contributed by atoms with Crippen LogP contribution in [0.2, 0.25) is 0 Å². The van der Waals surface area contributed by atoms with Crippen LogP contribution in [-0.4, -0.2) is 11.4 Å². The van der Waals surface area contributed by atoms with E-state index in [2.05, 4.69) is 5.16 Å². The Morgan fingerprint density at radius 2 is 2.10 bits per heavy atom. The zero-order valence-corrected chi connectivity index (χ0v) is 5.78. The Morgan fingerprint density at radius 1 is 1.50 bits per heavy atom. The fraction of sp³-hybridized carbons (Fsp3) is 0.125. The summed E-state index contributed by atoms with van der Waals surface area (Å²) in [6, 6.07) is 0. The minimum Gasteiger partial charge on any atom is -0.411 e. The van der Waals surface area contributed by atoms with Crippen LogP contribution in [0.4, 0.5) is 0 Å². The molecule has 0 saturated carbocycles. The van der Waals surface area contributed by atoms with Gasteiger partial charge in [-0.2, -0.15) is 0 Å². The highest BCUT2D eigenvalue weighted by molar-refractivity contribution is 5.80. The zero-order valence-electron chi connectivity index (χ0n) is 5.78. The number of nitrogens with zero attached hydrogens (tertiary/aromatic N) is 1. The molecule has 2 nitrogen and oxygen atoms in total. The van der Waals surface area contributed by atoms with Crippen molar-refractivity contribution in [3.63, 3.8) is 0 Å². The molecule has 10 heavy (non-hydrogen) atoms. The number of oxime groups is 1. The molecule has 0 unspecified atom stereocenters. The zero-order chi connectivity index (χ0) is 7.40. The Labute approximate surface area is 59.9 Å². The van der Waals surface area contributed by atoms with E-state index < -0.39 is 0 Å². The summed E-state index contributed by atoms with van der Waals surface area (Å²) in [5.41, 5.74) is 2.06. The van der Waals surface area contributed by atoms with Crippen molar-refractivity contribution in [3.8, 4) is 0 Å². The largest absolute Gasteiger partial charge is 0.411 e. The van der Waals surface area contributed by atoms with Crippen molar-refractivity contribution in [2.75, 3.05) is 0 Å². The average molecular weight is 135 g/mol. The summed E-state index contributed by atoms with van der Waals surface area (Å²) in [5, 5.41) is 11.1. The highest BCUT2D eigenvalue weighted by Crippen LogP contribution is 2.10. The van der Waals surface area contributed by atoms with Crippen LogP contribution in [0.25, 0.3) is 0 Å². The summed E-state index contributed by atoms with van der Waals surface area (Å²) in [4.78, 5) is 0. The highest BCUT2D eigenvalue weighted by atomic mass is 16.4. The minimum absolute atomic E-state index is 0.965. The van der Waals surface area contributed by atoms with E-state index in [1.807, 2.05) is 31.2 Å². The van der Waals surface area contributed by atoms with Crippen LogP contribution in [0.1, 0.15) is 6.92 Å². The van der Waals surface area contributed by atoms with E-state index in [1.165, 1.54) is 6.21 Å². The van der Waals surface area contributed by atoms with Crippen molar-refractivity contribution in [2.45, 2.75) is 6.92 Å². The van der Waals surface area contributed by atoms with Crippen LogP contribution in [0.3, 0.4) is 0 Å². The lowest BCUT2D eigenvalue weighted by Gasteiger charge is -1.91. The quantitative estimate of drug-likeness (QED) is 0.332. The van der Waals surface area contributed by atoms with Gasteiger partial charge in [0.2, 0.25) is 0 Å². The second kappa shape index (κ2) is 3.01. The van der Waals surface area contributed by atoms with Gasteiger partial charge in [0.15, 0.2) is 0 Å². The molecule has 0 atom stereocenters. The van der Waals surface area contributed by atoms with Gasteiger partial charge in [-0.05, 0) is 18.1 Å². The minimum atomic E-state index is 0.965. The van der Waals surface area contributed by atoms with Crippen LogP contribution in [-0.2, 0) is 0 Å². The molecule has 0 heterocycles. The van der Waals surface area contributed by atoms with E-state index in [9.17, 15) is 0 Å². The smallest absolute Gasteiger partial charge is 0.0696 e. The fourth-order valence-corrected chi connectivity index (χ4v) is 0.798. The maximum Gasteiger partial charge on any atom is 0.0696 e. The molecule has 0 amide bonds. The number of rotatable bonds is 1. The second-order valence-corrected chi connectivity index (χ2v) is 2.10. The van der Waals surface area contributed by atoms with Gasteiger partial charge >= 0.3 is 0 Å². The van der Waals surface area contributed by atoms with Gasteiger partial charge < -0.3 is 5.21 Å². The maximum absolute atomic E-state index is 8.18. The monoisotopic (exact) mass is 135 g/mol. The van der Waals surface area contributed by atoms with Crippen molar-refractivity contribution in [1.29, 1.82) is 0 Å². The molecule has 0 aromatic rings. The second-order valence-electron chi connectivity index (χ2n) is 2.10. The van der Waals surface area contributed by atoms with Crippen molar-refractivity contribution in [2.24, 2.45) is 5.16 Å². The molecule has 1 rings (SSSR count). The molecule has 2 heteroatoms. The first-order chi connectivity index (χ1) is 4.84. The van der Waals surface area contributed by atoms with Crippen molar-refractivity contribution in [3.05, 3.63) is 35.5 Å². The first-order valence-corrected chi connectivity index (χ1v) is 3.07. The van der Waals surface area contributed by atoms with Crippen LogP contribution in [0, 0.1) is 0 Å². The molecule has 0 fully saturated rings. The lowest BCUT2D eigenvalue weighted by atomic mass is 10.2. The van der Waals surface area contributed by atoms with E-state index in [0.29, 0.717) is 0 Å². The lowest BCUT2D eigenvalue weighted by molar-refractivity contribution is 0.321. The summed E-state index contributed by atoms with van der Waals surface area (Å²) < 4.78 is 0. The molecule has 0 radical (unpaired) electrons. The predicted molar refractivity (Wildman–Crippen MR) is 41.3 cm³/mol. The molecule has 0 aromatic heterocycles. The molecule has 0 aromatic carbocycles. The van der Waals surface area contributed by atoms with Crippen molar-refractivity contribution < 1.29 is 5.21 Å². The van der Waals surface area contributed by atoms with Crippen molar-refractivity contribution in [1.82, 2.24) is 0 Å². The molecular formula is C8H9NO. The lowest BCUT2D eigenvalue weighted by Crippen LogP contribution is -1.81. The number of hydrogen-bond donors (Lipinski definition) is 1. The van der Waals surface area contributed by atoms with E-state index >= 15 is 0 Å². The van der Waals surface area contributed by atoms with E-state index in [1.54, 1.807) is 0 Å². The Morgan fingerprint density at radius 3 is 2.60 bits per heavy atom. The third-order valence-electron chi connectivity index (χ3n) is 1.37. The number of hydrogen-bond acceptors (Lipinski definition) is 2. The van der Waals surface area contributed by atoms with Gasteiger partial charge in [0.25, 0.3) is 0 Å². The summed E-state index contributed by atoms with van der Waals surface area (Å²) in [6.07, 6.45) is 9.26. The first-order valence-electron chi connectivity index (χ1n) is 3.07. The van der Waals surface area contributed by atoms with Gasteiger partial charge in [-0.3, -0.25) is 0 Å². The summed E-state index contributed by atoms with van der Waals surface area (Å²) in [6.45, 7) is 1.90. The summed E-state index contributed by atoms with van der Waals surface area (Å²) in [7, 11) is 0. The van der Waals surface area contributed by atoms with Gasteiger partial charge in [0.1, 0.15) is 0 Å². The molecule has 1 N–H and O–H groups in total. The normalized spacial score (nSPS) is 15.5. The van der Waals surface area contributed by atoms with Crippen LogP contribution >= 0.6 is 0 Å². The van der Waals surface area contributed by atoms with Gasteiger partial charge in [-0.1, -0.05) is 29.5 Å². The molecule has 52 valence electrons. The Bertz CT molecular complexity index is 220. The molecule has 0 saturated heterocycles. The predicted octanol–water partition coefficient (Wildman–Crippen LogP) is 1.89. The molecule has 1 aliphatic rings. The SMILES string of the molecule is CC(C=NO)=C1C=CC=C1. The topological polar surface area (TPSA) is 32.6 Å². The van der Waals surface area contributed by atoms with E-state index in [0.717, 1.165) is 11.1 Å². The van der Waals surface area contributed by atoms with E-state index in [-0.39, 0.29) is 0 Å². The van der Waals surface area contributed by atoms with Crippen LogP contribution in [0.15, 0.2) is 40.6 Å². The molecule has 1 aliphatic carbocycles. The van der Waals surface area contributed by atoms with Crippen LogP contribution < -0.4 is 0 Å². The van der Waals surface area contributed by atoms with Crippen LogP contribution in [0.5, 0.6) is 0 Å². The highest BCUT2D eigenvalue weighted by Gasteiger charge is 1.94. The Balaban J connectivity index is 2.85. The van der Waals surface area contributed by atoms with Gasteiger partial charge in [-0.15, -0.1) is 0 Å². The Kier molecular flexibility index (Phi) is 2.05. The standard InChI is InChI=1S/C8H9NO/c1-7(6-9-10)8-4-2-3-5-8/h2-6,10H,1H3. The third-order valence-corrected chi connectivity index (χ3v) is 1.37. The molecule has 0 bridgehead atoms. The summed E-state index contributed by atoms with van der Waals surface area (Å²) in [5.74, 6) is 0. The Hall–Kier alpha value is -1.31. The van der Waals surface area contributed by atoms with Crippen molar-refractivity contribution >= 4 is 6.21 Å². The first kappa shape index (κ1) is 6.81. The fourth-order valence-electron chi connectivity index (χ4n) is 0.798. The maximum atomic E-state index is 8.18. The molecule has 0 spiro atoms. The average Bonchev–Trinajstić information content (AvgIpc) is 2.38. The third kappa shape index (κ3) is 1.35. The van der Waals surface area contributed by atoms with Gasteiger partial charge in [-0.25, -0.2) is 0 Å². The van der Waals surface area contributed by atoms with Gasteiger partial charge in [0.05, 0.1) is 6.21 Å².